The van der Waals surface area contributed by atoms with E-state index < -0.39 is 0 Å². The third kappa shape index (κ3) is 3.73. The Morgan fingerprint density at radius 3 is 2.52 bits per heavy atom. The monoisotopic (exact) mass is 372 g/mol. The van der Waals surface area contributed by atoms with Gasteiger partial charge in [-0.1, -0.05) is 46.6 Å². The Hall–Kier alpha value is -2.63. The van der Waals surface area contributed by atoms with Crippen molar-refractivity contribution < 1.29 is 5.21 Å². The van der Waals surface area contributed by atoms with Gasteiger partial charge in [0.1, 0.15) is 11.4 Å². The van der Waals surface area contributed by atoms with Crippen LogP contribution in [-0.4, -0.2) is 20.9 Å². The third-order valence-corrected chi connectivity index (χ3v) is 4.22. The average Bonchev–Trinajstić information content (AvgIpc) is 2.61. The molecule has 0 fully saturated rings. The predicted octanol–water partition coefficient (Wildman–Crippen LogP) is 5.06. The summed E-state index contributed by atoms with van der Waals surface area (Å²) in [5.41, 5.74) is 3.83. The molecular formula is C18H14Cl2N4O. The lowest BCUT2D eigenvalue weighted by Gasteiger charge is -2.12. The van der Waals surface area contributed by atoms with Crippen LogP contribution in [0.5, 0.6) is 0 Å². The SMILES string of the molecule is Cc1ccccc1Nc1ccc(C(=NO)c2nccnc2Cl)c(Cl)c1. The smallest absolute Gasteiger partial charge is 0.157 e. The molecule has 1 heterocycles. The topological polar surface area (TPSA) is 70.4 Å². The van der Waals surface area contributed by atoms with E-state index in [1.165, 1.54) is 12.4 Å². The molecular weight excluding hydrogens is 359 g/mol. The largest absolute Gasteiger partial charge is 0.410 e. The first kappa shape index (κ1) is 17.2. The Morgan fingerprint density at radius 2 is 1.84 bits per heavy atom. The van der Waals surface area contributed by atoms with Crippen molar-refractivity contribution in [2.24, 2.45) is 5.16 Å². The molecule has 2 aromatic carbocycles. The van der Waals surface area contributed by atoms with Crippen molar-refractivity contribution >= 4 is 40.3 Å². The number of halogens is 2. The van der Waals surface area contributed by atoms with Crippen LogP contribution in [0, 0.1) is 6.92 Å². The minimum Gasteiger partial charge on any atom is -0.410 e. The summed E-state index contributed by atoms with van der Waals surface area (Å²) in [6.45, 7) is 2.02. The molecule has 5 nitrogen and oxygen atoms in total. The number of oxime groups is 1. The van der Waals surface area contributed by atoms with Crippen molar-refractivity contribution in [3.05, 3.63) is 81.9 Å². The van der Waals surface area contributed by atoms with Gasteiger partial charge in [-0.15, -0.1) is 0 Å². The van der Waals surface area contributed by atoms with Crippen LogP contribution in [0.2, 0.25) is 10.2 Å². The number of anilines is 2. The Kier molecular flexibility index (Phi) is 5.16. The second kappa shape index (κ2) is 7.51. The number of rotatable bonds is 4. The van der Waals surface area contributed by atoms with Gasteiger partial charge >= 0.3 is 0 Å². The van der Waals surface area contributed by atoms with Gasteiger partial charge in [-0.25, -0.2) is 9.97 Å². The third-order valence-electron chi connectivity index (χ3n) is 3.63. The van der Waals surface area contributed by atoms with Gasteiger partial charge in [-0.05, 0) is 36.8 Å². The number of nitrogens with zero attached hydrogens (tertiary/aromatic N) is 3. The number of hydrogen-bond acceptors (Lipinski definition) is 5. The molecule has 0 aliphatic carbocycles. The lowest BCUT2D eigenvalue weighted by molar-refractivity contribution is 0.319. The Balaban J connectivity index is 1.94. The molecule has 3 rings (SSSR count). The maximum absolute atomic E-state index is 9.41. The molecule has 0 atom stereocenters. The summed E-state index contributed by atoms with van der Waals surface area (Å²) in [5, 5.41) is 16.5. The van der Waals surface area contributed by atoms with Crippen LogP contribution in [0.25, 0.3) is 0 Å². The molecule has 0 saturated carbocycles. The van der Waals surface area contributed by atoms with Crippen molar-refractivity contribution in [1.82, 2.24) is 9.97 Å². The lowest BCUT2D eigenvalue weighted by atomic mass is 10.1. The van der Waals surface area contributed by atoms with Crippen LogP contribution in [0.15, 0.2) is 60.0 Å². The summed E-state index contributed by atoms with van der Waals surface area (Å²) in [6, 6.07) is 13.3. The predicted molar refractivity (Wildman–Crippen MR) is 100 cm³/mol. The molecule has 25 heavy (non-hydrogen) atoms. The molecule has 0 amide bonds. The summed E-state index contributed by atoms with van der Waals surface area (Å²) < 4.78 is 0. The van der Waals surface area contributed by atoms with E-state index in [4.69, 9.17) is 23.2 Å². The van der Waals surface area contributed by atoms with Gasteiger partial charge in [0.25, 0.3) is 0 Å². The van der Waals surface area contributed by atoms with Crippen LogP contribution >= 0.6 is 23.2 Å². The van der Waals surface area contributed by atoms with Gasteiger partial charge in [0.05, 0.1) is 5.02 Å². The summed E-state index contributed by atoms with van der Waals surface area (Å²) in [6.07, 6.45) is 2.92. The van der Waals surface area contributed by atoms with Crippen LogP contribution in [0.4, 0.5) is 11.4 Å². The van der Waals surface area contributed by atoms with Crippen LogP contribution < -0.4 is 5.32 Å². The van der Waals surface area contributed by atoms with E-state index in [9.17, 15) is 5.21 Å². The summed E-state index contributed by atoms with van der Waals surface area (Å²) in [7, 11) is 0. The van der Waals surface area contributed by atoms with Gasteiger partial charge in [0.2, 0.25) is 0 Å². The van der Waals surface area contributed by atoms with E-state index in [0.717, 1.165) is 16.9 Å². The number of aromatic nitrogens is 2. The maximum Gasteiger partial charge on any atom is 0.157 e. The fourth-order valence-electron chi connectivity index (χ4n) is 2.36. The van der Waals surface area contributed by atoms with E-state index in [0.29, 0.717) is 10.6 Å². The molecule has 7 heteroatoms. The van der Waals surface area contributed by atoms with Crippen molar-refractivity contribution in [2.75, 3.05) is 5.32 Å². The Bertz CT molecular complexity index is 944. The molecule has 3 aromatic rings. The molecule has 0 radical (unpaired) electrons. The average molecular weight is 373 g/mol. The molecule has 0 aliphatic rings. The quantitative estimate of drug-likeness (QED) is 0.381. The number of para-hydroxylation sites is 1. The first-order valence-electron chi connectivity index (χ1n) is 7.41. The molecule has 126 valence electrons. The van der Waals surface area contributed by atoms with Crippen LogP contribution in [0.1, 0.15) is 16.8 Å². The van der Waals surface area contributed by atoms with E-state index in [1.54, 1.807) is 12.1 Å². The number of aryl methyl sites for hydroxylation is 1. The molecule has 2 N–H and O–H groups in total. The van der Waals surface area contributed by atoms with E-state index >= 15 is 0 Å². The normalized spacial score (nSPS) is 11.4. The molecule has 0 spiro atoms. The standard InChI is InChI=1S/C18H14Cl2N4O/c1-11-4-2-3-5-15(11)23-12-6-7-13(14(19)10-12)16(24-25)17-18(20)22-9-8-21-17/h2-10,23,25H,1H3. The van der Waals surface area contributed by atoms with E-state index in [2.05, 4.69) is 20.4 Å². The zero-order valence-electron chi connectivity index (χ0n) is 13.2. The minimum absolute atomic E-state index is 0.133. The minimum atomic E-state index is 0.133. The molecule has 0 unspecified atom stereocenters. The zero-order chi connectivity index (χ0) is 17.8. The second-order valence-electron chi connectivity index (χ2n) is 5.28. The van der Waals surface area contributed by atoms with Crippen LogP contribution in [0.3, 0.4) is 0 Å². The van der Waals surface area contributed by atoms with Crippen molar-refractivity contribution in [3.63, 3.8) is 0 Å². The fourth-order valence-corrected chi connectivity index (χ4v) is 2.83. The lowest BCUT2D eigenvalue weighted by Crippen LogP contribution is -2.08. The molecule has 0 bridgehead atoms. The zero-order valence-corrected chi connectivity index (χ0v) is 14.8. The number of nitrogens with one attached hydrogen (secondary N) is 1. The summed E-state index contributed by atoms with van der Waals surface area (Å²) in [5.74, 6) is 0. The highest BCUT2D eigenvalue weighted by atomic mass is 35.5. The van der Waals surface area contributed by atoms with Crippen molar-refractivity contribution in [1.29, 1.82) is 0 Å². The van der Waals surface area contributed by atoms with Crippen molar-refractivity contribution in [2.45, 2.75) is 6.92 Å². The fraction of sp³-hybridized carbons (Fsp3) is 0.0556. The van der Waals surface area contributed by atoms with Gasteiger partial charge in [-0.2, -0.15) is 0 Å². The first-order valence-corrected chi connectivity index (χ1v) is 8.17. The maximum atomic E-state index is 9.41. The molecule has 0 saturated heterocycles. The van der Waals surface area contributed by atoms with Gasteiger partial charge in [0.15, 0.2) is 5.15 Å². The van der Waals surface area contributed by atoms with Gasteiger partial charge < -0.3 is 10.5 Å². The second-order valence-corrected chi connectivity index (χ2v) is 6.04. The van der Waals surface area contributed by atoms with Gasteiger partial charge in [0, 0.05) is 29.3 Å². The van der Waals surface area contributed by atoms with Crippen molar-refractivity contribution in [3.8, 4) is 0 Å². The number of benzene rings is 2. The highest BCUT2D eigenvalue weighted by Crippen LogP contribution is 2.27. The van der Waals surface area contributed by atoms with E-state index in [1.807, 2.05) is 37.3 Å². The highest BCUT2D eigenvalue weighted by molar-refractivity contribution is 6.38. The molecule has 1 aromatic heterocycles. The van der Waals surface area contributed by atoms with Gasteiger partial charge in [-0.3, -0.25) is 0 Å². The molecule has 0 aliphatic heterocycles. The number of hydrogen-bond donors (Lipinski definition) is 2. The summed E-state index contributed by atoms with van der Waals surface area (Å²) >= 11 is 12.4. The van der Waals surface area contributed by atoms with E-state index in [-0.39, 0.29) is 16.6 Å². The summed E-state index contributed by atoms with van der Waals surface area (Å²) in [4.78, 5) is 8.05. The Morgan fingerprint density at radius 1 is 1.08 bits per heavy atom. The van der Waals surface area contributed by atoms with Crippen LogP contribution in [-0.2, 0) is 0 Å². The Labute approximate surface area is 155 Å². The highest BCUT2D eigenvalue weighted by Gasteiger charge is 2.17. The first-order chi connectivity index (χ1) is 12.1.